The van der Waals surface area contributed by atoms with Gasteiger partial charge in [0.05, 0.1) is 0 Å². The summed E-state index contributed by atoms with van der Waals surface area (Å²) in [6.45, 7) is 2.33. The van der Waals surface area contributed by atoms with Gasteiger partial charge in [-0.25, -0.2) is 0 Å². The van der Waals surface area contributed by atoms with Crippen molar-refractivity contribution in [3.05, 3.63) is 59.7 Å². The largest absolute Gasteiger partial charge is 0.0622 e. The molecular weight excluding hydrogens is 192 g/mol. The van der Waals surface area contributed by atoms with E-state index in [-0.39, 0.29) is 0 Å². The zero-order valence-electron chi connectivity index (χ0n) is 9.61. The molecule has 0 nitrogen and oxygen atoms in total. The van der Waals surface area contributed by atoms with Crippen LogP contribution in [0.15, 0.2) is 48.5 Å². The summed E-state index contributed by atoms with van der Waals surface area (Å²) in [5, 5.41) is 0. The molecule has 0 heteroatoms. The molecule has 1 aliphatic carbocycles. The summed E-state index contributed by atoms with van der Waals surface area (Å²) in [4.78, 5) is 0. The van der Waals surface area contributed by atoms with E-state index in [1.54, 1.807) is 11.1 Å². The highest BCUT2D eigenvalue weighted by molar-refractivity contribution is 5.69. The normalized spacial score (nSPS) is 18.4. The van der Waals surface area contributed by atoms with Gasteiger partial charge in [-0.2, -0.15) is 0 Å². The highest BCUT2D eigenvalue weighted by Crippen LogP contribution is 2.38. The van der Waals surface area contributed by atoms with Gasteiger partial charge in [-0.3, -0.25) is 0 Å². The molecule has 0 aliphatic heterocycles. The van der Waals surface area contributed by atoms with Gasteiger partial charge in [-0.1, -0.05) is 55.5 Å². The Morgan fingerprint density at radius 2 is 1.75 bits per heavy atom. The van der Waals surface area contributed by atoms with Crippen molar-refractivity contribution in [3.8, 4) is 11.1 Å². The number of hydrogen-bond acceptors (Lipinski definition) is 0. The molecule has 0 aromatic heterocycles. The minimum Gasteiger partial charge on any atom is -0.0622 e. The van der Waals surface area contributed by atoms with Crippen LogP contribution in [0.2, 0.25) is 0 Å². The lowest BCUT2D eigenvalue weighted by Gasteiger charge is -2.09. The molecule has 2 aromatic carbocycles. The first-order valence-electron chi connectivity index (χ1n) is 6.03. The number of fused-ring (bicyclic) bond motifs is 1. The average Bonchev–Trinajstić information content (AvgIpc) is 2.73. The standard InChI is InChI=1S/C16H16/c1-12-10-11-16-14(12)8-5-9-15(16)13-6-3-2-4-7-13/h2-9,12H,10-11H2,1H3/t12-/m0/s1. The molecule has 0 radical (unpaired) electrons. The van der Waals surface area contributed by atoms with Crippen molar-refractivity contribution in [1.82, 2.24) is 0 Å². The molecule has 80 valence electrons. The molecule has 0 fully saturated rings. The Labute approximate surface area is 96.9 Å². The lowest BCUT2D eigenvalue weighted by molar-refractivity contribution is 0.747. The maximum atomic E-state index is 2.33. The quantitative estimate of drug-likeness (QED) is 0.651. The minimum atomic E-state index is 0.735. The Morgan fingerprint density at radius 1 is 0.938 bits per heavy atom. The second-order valence-corrected chi connectivity index (χ2v) is 4.68. The zero-order valence-corrected chi connectivity index (χ0v) is 9.61. The molecule has 0 saturated carbocycles. The van der Waals surface area contributed by atoms with Crippen LogP contribution in [0.1, 0.15) is 30.4 Å². The van der Waals surface area contributed by atoms with E-state index in [0.717, 1.165) is 5.92 Å². The molecule has 0 N–H and O–H groups in total. The molecule has 1 atom stereocenters. The lowest BCUT2D eigenvalue weighted by Crippen LogP contribution is -1.89. The van der Waals surface area contributed by atoms with Crippen LogP contribution >= 0.6 is 0 Å². The third-order valence-electron chi connectivity index (χ3n) is 3.66. The van der Waals surface area contributed by atoms with E-state index in [0.29, 0.717) is 0 Å². The van der Waals surface area contributed by atoms with Crippen molar-refractivity contribution in [2.75, 3.05) is 0 Å². The first kappa shape index (κ1) is 9.65. The van der Waals surface area contributed by atoms with Crippen LogP contribution in [0.3, 0.4) is 0 Å². The van der Waals surface area contributed by atoms with E-state index in [2.05, 4.69) is 55.5 Å². The molecule has 0 saturated heterocycles. The van der Waals surface area contributed by atoms with E-state index >= 15 is 0 Å². The summed E-state index contributed by atoms with van der Waals surface area (Å²) in [6.07, 6.45) is 2.54. The summed E-state index contributed by atoms with van der Waals surface area (Å²) in [5.74, 6) is 0.735. The zero-order chi connectivity index (χ0) is 11.0. The Bertz CT molecular complexity index is 497. The molecule has 3 rings (SSSR count). The van der Waals surface area contributed by atoms with Crippen LogP contribution in [0.4, 0.5) is 0 Å². The first-order valence-corrected chi connectivity index (χ1v) is 6.03. The van der Waals surface area contributed by atoms with Crippen LogP contribution in [-0.2, 0) is 6.42 Å². The van der Waals surface area contributed by atoms with Gasteiger partial charge in [-0.15, -0.1) is 0 Å². The summed E-state index contributed by atoms with van der Waals surface area (Å²) < 4.78 is 0. The Hall–Kier alpha value is -1.56. The van der Waals surface area contributed by atoms with E-state index in [4.69, 9.17) is 0 Å². The number of benzene rings is 2. The van der Waals surface area contributed by atoms with Gasteiger partial charge in [0.15, 0.2) is 0 Å². The minimum absolute atomic E-state index is 0.735. The van der Waals surface area contributed by atoms with Gasteiger partial charge in [0.25, 0.3) is 0 Å². The highest BCUT2D eigenvalue weighted by Gasteiger charge is 2.20. The van der Waals surface area contributed by atoms with Gasteiger partial charge in [-0.05, 0) is 41.0 Å². The van der Waals surface area contributed by atoms with Gasteiger partial charge >= 0.3 is 0 Å². The van der Waals surface area contributed by atoms with Gasteiger partial charge < -0.3 is 0 Å². The maximum Gasteiger partial charge on any atom is -0.0149 e. The van der Waals surface area contributed by atoms with Crippen molar-refractivity contribution >= 4 is 0 Å². The number of rotatable bonds is 1. The van der Waals surface area contributed by atoms with Crippen LogP contribution in [0.5, 0.6) is 0 Å². The SMILES string of the molecule is C[C@H]1CCc2c(-c3ccccc3)cccc21. The Kier molecular flexibility index (Phi) is 2.28. The first-order chi connectivity index (χ1) is 7.86. The third kappa shape index (κ3) is 1.46. The highest BCUT2D eigenvalue weighted by atomic mass is 14.2. The van der Waals surface area contributed by atoms with E-state index < -0.39 is 0 Å². The molecule has 0 spiro atoms. The second kappa shape index (κ2) is 3.79. The monoisotopic (exact) mass is 208 g/mol. The summed E-state index contributed by atoms with van der Waals surface area (Å²) in [5.41, 5.74) is 5.92. The fourth-order valence-corrected chi connectivity index (χ4v) is 2.75. The Balaban J connectivity index is 2.17. The molecule has 2 aromatic rings. The molecule has 0 unspecified atom stereocenters. The van der Waals surface area contributed by atoms with Crippen molar-refractivity contribution in [1.29, 1.82) is 0 Å². The fourth-order valence-electron chi connectivity index (χ4n) is 2.75. The molecule has 16 heavy (non-hydrogen) atoms. The van der Waals surface area contributed by atoms with E-state index in [9.17, 15) is 0 Å². The van der Waals surface area contributed by atoms with Crippen molar-refractivity contribution < 1.29 is 0 Å². The van der Waals surface area contributed by atoms with Crippen LogP contribution in [0.25, 0.3) is 11.1 Å². The van der Waals surface area contributed by atoms with Crippen molar-refractivity contribution in [2.45, 2.75) is 25.7 Å². The Morgan fingerprint density at radius 3 is 2.56 bits per heavy atom. The molecule has 1 aliphatic rings. The maximum absolute atomic E-state index is 2.33. The summed E-state index contributed by atoms with van der Waals surface area (Å²) in [6, 6.07) is 17.5. The smallest absolute Gasteiger partial charge is 0.0149 e. The van der Waals surface area contributed by atoms with Gasteiger partial charge in [0.2, 0.25) is 0 Å². The molecule has 0 amide bonds. The second-order valence-electron chi connectivity index (χ2n) is 4.68. The summed E-state index contributed by atoms with van der Waals surface area (Å²) >= 11 is 0. The summed E-state index contributed by atoms with van der Waals surface area (Å²) in [7, 11) is 0. The predicted octanol–water partition coefficient (Wildman–Crippen LogP) is 4.40. The lowest BCUT2D eigenvalue weighted by atomic mass is 9.95. The van der Waals surface area contributed by atoms with Gasteiger partial charge in [0, 0.05) is 0 Å². The van der Waals surface area contributed by atoms with E-state index in [1.807, 2.05) is 0 Å². The van der Waals surface area contributed by atoms with Crippen molar-refractivity contribution in [3.63, 3.8) is 0 Å². The molecule has 0 bridgehead atoms. The van der Waals surface area contributed by atoms with Crippen LogP contribution < -0.4 is 0 Å². The third-order valence-corrected chi connectivity index (χ3v) is 3.66. The average molecular weight is 208 g/mol. The van der Waals surface area contributed by atoms with Crippen LogP contribution in [-0.4, -0.2) is 0 Å². The van der Waals surface area contributed by atoms with Gasteiger partial charge in [0.1, 0.15) is 0 Å². The van der Waals surface area contributed by atoms with Crippen LogP contribution in [0, 0.1) is 0 Å². The fraction of sp³-hybridized carbons (Fsp3) is 0.250. The molecular formula is C16H16. The van der Waals surface area contributed by atoms with E-state index in [1.165, 1.54) is 24.0 Å². The topological polar surface area (TPSA) is 0 Å². The van der Waals surface area contributed by atoms with Crippen molar-refractivity contribution in [2.24, 2.45) is 0 Å². The predicted molar refractivity (Wildman–Crippen MR) is 68.6 cm³/mol. The molecule has 0 heterocycles. The number of hydrogen-bond donors (Lipinski definition) is 0.